The van der Waals surface area contributed by atoms with E-state index in [2.05, 4.69) is 40.4 Å². The Kier molecular flexibility index (Phi) is 5.30. The third-order valence-corrected chi connectivity index (χ3v) is 6.92. The first-order valence-electron chi connectivity index (χ1n) is 10.6. The van der Waals surface area contributed by atoms with Gasteiger partial charge in [0.15, 0.2) is 5.13 Å². The molecule has 2 N–H and O–H groups in total. The number of hydrogen-bond donors (Lipinski definition) is 2. The highest BCUT2D eigenvalue weighted by Crippen LogP contribution is 2.30. The minimum Gasteiger partial charge on any atom is -0.497 e. The summed E-state index contributed by atoms with van der Waals surface area (Å²) < 4.78 is 6.19. The van der Waals surface area contributed by atoms with Gasteiger partial charge in [-0.15, -0.1) is 0 Å². The van der Waals surface area contributed by atoms with Gasteiger partial charge < -0.3 is 19.9 Å². The monoisotopic (exact) mass is 448 g/mol. The second-order valence-corrected chi connectivity index (χ2v) is 9.23. The number of carbonyl (C=O) groups is 2. The summed E-state index contributed by atoms with van der Waals surface area (Å²) in [6.45, 7) is 3.11. The van der Waals surface area contributed by atoms with E-state index in [-0.39, 0.29) is 24.2 Å². The fourth-order valence-electron chi connectivity index (χ4n) is 4.21. The molecule has 1 aliphatic rings. The highest BCUT2D eigenvalue weighted by atomic mass is 32.1. The second-order valence-electron chi connectivity index (χ2n) is 8.20. The summed E-state index contributed by atoms with van der Waals surface area (Å²) in [6, 6.07) is 11.9. The van der Waals surface area contributed by atoms with Crippen LogP contribution in [0.3, 0.4) is 0 Å². The number of likely N-dealkylation sites (tertiary alicyclic amines) is 1. The molecule has 0 aliphatic carbocycles. The van der Waals surface area contributed by atoms with Crippen molar-refractivity contribution in [1.82, 2.24) is 14.9 Å². The summed E-state index contributed by atoms with van der Waals surface area (Å²) in [4.78, 5) is 34.9. The molecule has 1 saturated heterocycles. The van der Waals surface area contributed by atoms with Gasteiger partial charge in [0.25, 0.3) is 0 Å². The van der Waals surface area contributed by atoms with Crippen molar-refractivity contribution in [2.45, 2.75) is 19.8 Å². The highest BCUT2D eigenvalue weighted by Gasteiger charge is 2.34. The fourth-order valence-corrected chi connectivity index (χ4v) is 5.11. The van der Waals surface area contributed by atoms with Gasteiger partial charge in [-0.25, -0.2) is 4.98 Å². The van der Waals surface area contributed by atoms with Gasteiger partial charge in [-0.1, -0.05) is 23.0 Å². The topological polar surface area (TPSA) is 87.3 Å². The lowest BCUT2D eigenvalue weighted by Gasteiger charge is -2.16. The Morgan fingerprint density at radius 2 is 2.19 bits per heavy atom. The van der Waals surface area contributed by atoms with Crippen LogP contribution in [0.15, 0.2) is 42.6 Å². The molecule has 1 fully saturated rings. The van der Waals surface area contributed by atoms with Crippen LogP contribution in [0.25, 0.3) is 21.1 Å². The molecule has 0 spiro atoms. The van der Waals surface area contributed by atoms with Crippen LogP contribution in [0.1, 0.15) is 17.5 Å². The predicted molar refractivity (Wildman–Crippen MR) is 126 cm³/mol. The lowest BCUT2D eigenvalue weighted by Crippen LogP contribution is -2.29. The number of aryl methyl sites for hydroxylation is 1. The van der Waals surface area contributed by atoms with Crippen molar-refractivity contribution in [3.63, 3.8) is 0 Å². The average molecular weight is 449 g/mol. The number of methoxy groups -OCH3 is 1. The number of benzene rings is 2. The highest BCUT2D eigenvalue weighted by molar-refractivity contribution is 7.22. The lowest BCUT2D eigenvalue weighted by atomic mass is 10.1. The number of carbonyl (C=O) groups excluding carboxylic acids is 2. The van der Waals surface area contributed by atoms with Crippen LogP contribution in [0, 0.1) is 12.8 Å². The van der Waals surface area contributed by atoms with Crippen molar-refractivity contribution in [3.05, 3.63) is 53.7 Å². The number of thiazole rings is 1. The Morgan fingerprint density at radius 1 is 1.31 bits per heavy atom. The number of fused-ring (bicyclic) bond motifs is 2. The van der Waals surface area contributed by atoms with Crippen LogP contribution >= 0.6 is 11.3 Å². The third-order valence-electron chi connectivity index (χ3n) is 5.99. The molecule has 32 heavy (non-hydrogen) atoms. The predicted octanol–water partition coefficient (Wildman–Crippen LogP) is 4.12. The van der Waals surface area contributed by atoms with Gasteiger partial charge in [0.1, 0.15) is 5.75 Å². The van der Waals surface area contributed by atoms with E-state index in [0.717, 1.165) is 27.9 Å². The molecule has 2 aromatic carbocycles. The average Bonchev–Trinajstić information content (AvgIpc) is 3.47. The Hall–Kier alpha value is -3.39. The van der Waals surface area contributed by atoms with Crippen molar-refractivity contribution in [1.29, 1.82) is 0 Å². The maximum absolute atomic E-state index is 12.8. The lowest BCUT2D eigenvalue weighted by molar-refractivity contribution is -0.128. The summed E-state index contributed by atoms with van der Waals surface area (Å²) in [5.74, 6) is 0.250. The molecule has 164 valence electrons. The number of amides is 2. The molecule has 1 aliphatic heterocycles. The van der Waals surface area contributed by atoms with Crippen LogP contribution in [0.5, 0.6) is 5.75 Å². The van der Waals surface area contributed by atoms with E-state index in [1.807, 2.05) is 24.4 Å². The molecular formula is C24H24N4O3S. The molecule has 7 nitrogen and oxygen atoms in total. The Morgan fingerprint density at radius 3 is 3.03 bits per heavy atom. The molecule has 4 aromatic rings. The second kappa shape index (κ2) is 8.27. The zero-order chi connectivity index (χ0) is 22.2. The molecule has 2 aromatic heterocycles. The van der Waals surface area contributed by atoms with Gasteiger partial charge in [0.05, 0.1) is 23.2 Å². The van der Waals surface area contributed by atoms with Crippen molar-refractivity contribution >= 4 is 49.4 Å². The van der Waals surface area contributed by atoms with Crippen molar-refractivity contribution in [2.75, 3.05) is 25.5 Å². The Labute approximate surface area is 189 Å². The van der Waals surface area contributed by atoms with Crippen LogP contribution < -0.4 is 10.1 Å². The quantitative estimate of drug-likeness (QED) is 0.464. The summed E-state index contributed by atoms with van der Waals surface area (Å²) in [7, 11) is 1.62. The smallest absolute Gasteiger partial charge is 0.231 e. The summed E-state index contributed by atoms with van der Waals surface area (Å²) >= 11 is 1.40. The minimum absolute atomic E-state index is 0.0233. The molecular weight excluding hydrogens is 424 g/mol. The van der Waals surface area contributed by atoms with Crippen LogP contribution in [-0.2, 0) is 16.0 Å². The number of nitrogens with zero attached hydrogens (tertiary/aromatic N) is 2. The van der Waals surface area contributed by atoms with Crippen LogP contribution in [0.2, 0.25) is 0 Å². The van der Waals surface area contributed by atoms with Crippen molar-refractivity contribution in [2.24, 2.45) is 5.92 Å². The Bertz CT molecular complexity index is 1330. The number of aromatic nitrogens is 2. The number of aromatic amines is 1. The maximum atomic E-state index is 12.8. The molecule has 0 radical (unpaired) electrons. The minimum atomic E-state index is -0.366. The molecule has 3 heterocycles. The number of hydrogen-bond acceptors (Lipinski definition) is 5. The molecule has 1 atom stereocenters. The third kappa shape index (κ3) is 3.93. The van der Waals surface area contributed by atoms with Crippen LogP contribution in [0.4, 0.5) is 5.13 Å². The summed E-state index contributed by atoms with van der Waals surface area (Å²) in [5.41, 5.74) is 4.31. The molecule has 0 saturated carbocycles. The van der Waals surface area contributed by atoms with Crippen molar-refractivity contribution < 1.29 is 14.3 Å². The van der Waals surface area contributed by atoms with E-state index in [4.69, 9.17) is 4.74 Å². The number of rotatable bonds is 6. The number of nitrogens with one attached hydrogen (secondary N) is 2. The van der Waals surface area contributed by atoms with Gasteiger partial charge >= 0.3 is 0 Å². The number of anilines is 1. The van der Waals surface area contributed by atoms with Gasteiger partial charge in [0.2, 0.25) is 11.8 Å². The zero-order valence-corrected chi connectivity index (χ0v) is 18.8. The molecule has 8 heteroatoms. The first-order chi connectivity index (χ1) is 15.5. The normalized spacial score (nSPS) is 16.2. The van der Waals surface area contributed by atoms with E-state index in [1.165, 1.54) is 27.8 Å². The van der Waals surface area contributed by atoms with Gasteiger partial charge in [-0.2, -0.15) is 0 Å². The SMILES string of the molecule is COc1ccc2nc(NC(=O)[C@@H]3CC(=O)N(CCc4c[nH]c5ccc(C)cc45)C3)sc2c1. The first kappa shape index (κ1) is 20.5. The van der Waals surface area contributed by atoms with E-state index in [0.29, 0.717) is 18.2 Å². The fraction of sp³-hybridized carbons (Fsp3) is 0.292. The van der Waals surface area contributed by atoms with Gasteiger partial charge in [0, 0.05) is 36.6 Å². The van der Waals surface area contributed by atoms with E-state index in [9.17, 15) is 9.59 Å². The largest absolute Gasteiger partial charge is 0.497 e. The van der Waals surface area contributed by atoms with Gasteiger partial charge in [-0.3, -0.25) is 9.59 Å². The molecule has 2 amide bonds. The molecule has 5 rings (SSSR count). The van der Waals surface area contributed by atoms with E-state index in [1.54, 1.807) is 12.0 Å². The zero-order valence-electron chi connectivity index (χ0n) is 18.0. The summed E-state index contributed by atoms with van der Waals surface area (Å²) in [5, 5.41) is 4.63. The Balaban J connectivity index is 1.22. The number of H-pyrrole nitrogens is 1. The van der Waals surface area contributed by atoms with Crippen LogP contribution in [-0.4, -0.2) is 46.9 Å². The van der Waals surface area contributed by atoms with E-state index >= 15 is 0 Å². The number of ether oxygens (including phenoxy) is 1. The van der Waals surface area contributed by atoms with Gasteiger partial charge in [-0.05, 0) is 49.2 Å². The first-order valence-corrected chi connectivity index (χ1v) is 11.4. The molecule has 0 bridgehead atoms. The standard InChI is InChI=1S/C24H24N4O3S/c1-14-3-5-19-18(9-14)15(12-25-19)7-8-28-13-16(10-22(28)29)23(30)27-24-26-20-6-4-17(31-2)11-21(20)32-24/h3-6,9,11-12,16,25H,7-8,10,13H2,1-2H3,(H,26,27,30)/t16-/m1/s1. The maximum Gasteiger partial charge on any atom is 0.231 e. The summed E-state index contributed by atoms with van der Waals surface area (Å²) in [6.07, 6.45) is 3.00. The molecule has 0 unspecified atom stereocenters. The van der Waals surface area contributed by atoms with E-state index < -0.39 is 0 Å². The van der Waals surface area contributed by atoms with Crippen molar-refractivity contribution in [3.8, 4) is 5.75 Å².